The smallest absolute Gasteiger partial charge is 0.244 e. The maximum absolute atomic E-state index is 13.2. The van der Waals surface area contributed by atoms with Gasteiger partial charge in [-0.1, -0.05) is 23.2 Å². The normalized spacial score (nSPS) is 16.8. The van der Waals surface area contributed by atoms with Crippen LogP contribution in [0.3, 0.4) is 0 Å². The fourth-order valence-electron chi connectivity index (χ4n) is 2.30. The molecule has 1 saturated heterocycles. The van der Waals surface area contributed by atoms with E-state index in [1.807, 2.05) is 13.8 Å². The number of amides is 1. The molecule has 2 N–H and O–H groups in total. The second kappa shape index (κ2) is 6.48. The number of benzene rings is 1. The molecule has 0 saturated carbocycles. The lowest BCUT2D eigenvalue weighted by Gasteiger charge is -2.39. The van der Waals surface area contributed by atoms with E-state index in [2.05, 4.69) is 15.5 Å². The Labute approximate surface area is 133 Å². The molecule has 1 fully saturated rings. The van der Waals surface area contributed by atoms with Gasteiger partial charge in [0.25, 0.3) is 0 Å². The van der Waals surface area contributed by atoms with Gasteiger partial charge < -0.3 is 10.6 Å². The molecule has 0 bridgehead atoms. The molecule has 0 unspecified atom stereocenters. The van der Waals surface area contributed by atoms with Crippen molar-refractivity contribution in [2.24, 2.45) is 0 Å². The first-order valence-corrected chi connectivity index (χ1v) is 7.49. The van der Waals surface area contributed by atoms with E-state index in [0.717, 1.165) is 38.3 Å². The SMILES string of the molecule is CC(C)(C(=O)Nc1c(Cl)cc(F)cc1Cl)N1CCNCC1. The van der Waals surface area contributed by atoms with Crippen LogP contribution in [0.15, 0.2) is 12.1 Å². The summed E-state index contributed by atoms with van der Waals surface area (Å²) in [4.78, 5) is 14.6. The van der Waals surface area contributed by atoms with Crippen molar-refractivity contribution in [1.82, 2.24) is 10.2 Å². The van der Waals surface area contributed by atoms with Gasteiger partial charge in [0.05, 0.1) is 21.3 Å². The summed E-state index contributed by atoms with van der Waals surface area (Å²) >= 11 is 11.9. The van der Waals surface area contributed by atoms with E-state index in [1.165, 1.54) is 0 Å². The molecule has 0 aromatic heterocycles. The van der Waals surface area contributed by atoms with E-state index in [4.69, 9.17) is 23.2 Å². The van der Waals surface area contributed by atoms with Crippen LogP contribution >= 0.6 is 23.2 Å². The molecular weight excluding hydrogens is 316 g/mol. The summed E-state index contributed by atoms with van der Waals surface area (Å²) in [6, 6.07) is 2.25. The predicted octanol–water partition coefficient (Wildman–Crippen LogP) is 2.75. The first-order valence-electron chi connectivity index (χ1n) is 6.74. The molecule has 21 heavy (non-hydrogen) atoms. The second-order valence-electron chi connectivity index (χ2n) is 5.49. The third-order valence-electron chi connectivity index (χ3n) is 3.71. The van der Waals surface area contributed by atoms with Crippen LogP contribution in [0.25, 0.3) is 0 Å². The van der Waals surface area contributed by atoms with Crippen LogP contribution in [0.5, 0.6) is 0 Å². The fourth-order valence-corrected chi connectivity index (χ4v) is 2.85. The number of carbonyl (C=O) groups is 1. The minimum absolute atomic E-state index is 0.0875. The molecule has 0 radical (unpaired) electrons. The number of halogens is 3. The first kappa shape index (κ1) is 16.5. The number of piperazine rings is 1. The van der Waals surface area contributed by atoms with E-state index in [9.17, 15) is 9.18 Å². The second-order valence-corrected chi connectivity index (χ2v) is 6.31. The highest BCUT2D eigenvalue weighted by atomic mass is 35.5. The number of nitrogens with zero attached hydrogens (tertiary/aromatic N) is 1. The number of anilines is 1. The molecule has 0 spiro atoms. The molecule has 1 aliphatic rings. The van der Waals surface area contributed by atoms with Crippen LogP contribution in [-0.2, 0) is 4.79 Å². The van der Waals surface area contributed by atoms with E-state index in [0.29, 0.717) is 0 Å². The van der Waals surface area contributed by atoms with Crippen LogP contribution in [0.4, 0.5) is 10.1 Å². The van der Waals surface area contributed by atoms with Gasteiger partial charge in [-0.25, -0.2) is 4.39 Å². The molecule has 2 rings (SSSR count). The van der Waals surface area contributed by atoms with Gasteiger partial charge in [0.2, 0.25) is 5.91 Å². The average molecular weight is 334 g/mol. The van der Waals surface area contributed by atoms with Gasteiger partial charge in [-0.15, -0.1) is 0 Å². The van der Waals surface area contributed by atoms with Crippen molar-refractivity contribution >= 4 is 34.8 Å². The molecular formula is C14H18Cl2FN3O. The van der Waals surface area contributed by atoms with Gasteiger partial charge in [-0.05, 0) is 26.0 Å². The topological polar surface area (TPSA) is 44.4 Å². The highest BCUT2D eigenvalue weighted by Gasteiger charge is 2.35. The number of carbonyl (C=O) groups excluding carboxylic acids is 1. The summed E-state index contributed by atoms with van der Waals surface area (Å²) in [5.74, 6) is -0.760. The summed E-state index contributed by atoms with van der Waals surface area (Å²) in [5.41, 5.74) is -0.462. The lowest BCUT2D eigenvalue weighted by molar-refractivity contribution is -0.126. The molecule has 1 heterocycles. The minimum Gasteiger partial charge on any atom is -0.322 e. The van der Waals surface area contributed by atoms with Crippen LogP contribution in [0.2, 0.25) is 10.0 Å². The summed E-state index contributed by atoms with van der Waals surface area (Å²) in [6.07, 6.45) is 0. The third kappa shape index (κ3) is 3.66. The van der Waals surface area contributed by atoms with Gasteiger partial charge in [0.1, 0.15) is 5.82 Å². The average Bonchev–Trinajstić information content (AvgIpc) is 2.43. The van der Waals surface area contributed by atoms with Crippen molar-refractivity contribution in [2.45, 2.75) is 19.4 Å². The number of hydrogen-bond donors (Lipinski definition) is 2. The highest BCUT2D eigenvalue weighted by molar-refractivity contribution is 6.39. The summed E-state index contributed by atoms with van der Waals surface area (Å²) in [7, 11) is 0. The van der Waals surface area contributed by atoms with Crippen LogP contribution in [0, 0.1) is 5.82 Å². The summed E-state index contributed by atoms with van der Waals surface area (Å²) in [6.45, 7) is 6.94. The van der Waals surface area contributed by atoms with Crippen LogP contribution < -0.4 is 10.6 Å². The van der Waals surface area contributed by atoms with E-state index in [-0.39, 0.29) is 21.6 Å². The number of hydrogen-bond acceptors (Lipinski definition) is 3. The monoisotopic (exact) mass is 333 g/mol. The molecule has 1 aromatic rings. The highest BCUT2D eigenvalue weighted by Crippen LogP contribution is 2.32. The molecule has 1 aromatic carbocycles. The Bertz CT molecular complexity index is 522. The minimum atomic E-state index is -0.705. The van der Waals surface area contributed by atoms with Gasteiger partial charge >= 0.3 is 0 Å². The Kier molecular flexibility index (Phi) is 5.09. The first-order chi connectivity index (χ1) is 9.82. The standard InChI is InChI=1S/C14H18Cl2FN3O/c1-14(2,20-5-3-18-4-6-20)13(21)19-12-10(15)7-9(17)8-11(12)16/h7-8,18H,3-6H2,1-2H3,(H,19,21). The third-order valence-corrected chi connectivity index (χ3v) is 4.30. The number of rotatable bonds is 3. The van der Waals surface area contributed by atoms with Crippen molar-refractivity contribution in [3.05, 3.63) is 28.0 Å². The molecule has 0 atom stereocenters. The van der Waals surface area contributed by atoms with Crippen molar-refractivity contribution < 1.29 is 9.18 Å². The summed E-state index contributed by atoms with van der Waals surface area (Å²) < 4.78 is 13.2. The zero-order valence-electron chi connectivity index (χ0n) is 12.0. The van der Waals surface area contributed by atoms with E-state index < -0.39 is 11.4 Å². The van der Waals surface area contributed by atoms with Crippen molar-refractivity contribution in [1.29, 1.82) is 0 Å². The lowest BCUT2D eigenvalue weighted by atomic mass is 10.0. The van der Waals surface area contributed by atoms with Gasteiger partial charge in [0.15, 0.2) is 0 Å². The van der Waals surface area contributed by atoms with E-state index in [1.54, 1.807) is 0 Å². The molecule has 0 aliphatic carbocycles. The Morgan fingerprint density at radius 3 is 2.33 bits per heavy atom. The van der Waals surface area contributed by atoms with Crippen molar-refractivity contribution in [3.8, 4) is 0 Å². The Hall–Kier alpha value is -0.880. The maximum Gasteiger partial charge on any atom is 0.244 e. The zero-order chi connectivity index (χ0) is 15.6. The molecule has 1 amide bonds. The fraction of sp³-hybridized carbons (Fsp3) is 0.500. The van der Waals surface area contributed by atoms with Gasteiger partial charge in [0, 0.05) is 26.2 Å². The Morgan fingerprint density at radius 2 is 1.81 bits per heavy atom. The zero-order valence-corrected chi connectivity index (χ0v) is 13.5. The maximum atomic E-state index is 13.2. The largest absolute Gasteiger partial charge is 0.322 e. The summed E-state index contributed by atoms with van der Waals surface area (Å²) in [5, 5.41) is 6.13. The quantitative estimate of drug-likeness (QED) is 0.893. The van der Waals surface area contributed by atoms with Gasteiger partial charge in [-0.3, -0.25) is 9.69 Å². The number of nitrogens with one attached hydrogen (secondary N) is 2. The van der Waals surface area contributed by atoms with Crippen LogP contribution in [-0.4, -0.2) is 42.5 Å². The predicted molar refractivity (Wildman–Crippen MR) is 83.6 cm³/mol. The Morgan fingerprint density at radius 1 is 1.29 bits per heavy atom. The van der Waals surface area contributed by atoms with E-state index >= 15 is 0 Å². The van der Waals surface area contributed by atoms with Crippen molar-refractivity contribution in [3.63, 3.8) is 0 Å². The Balaban J connectivity index is 2.17. The van der Waals surface area contributed by atoms with Gasteiger partial charge in [-0.2, -0.15) is 0 Å². The van der Waals surface area contributed by atoms with Crippen molar-refractivity contribution in [2.75, 3.05) is 31.5 Å². The molecule has 7 heteroatoms. The molecule has 4 nitrogen and oxygen atoms in total. The molecule has 1 aliphatic heterocycles. The van der Waals surface area contributed by atoms with Crippen LogP contribution in [0.1, 0.15) is 13.8 Å². The lowest BCUT2D eigenvalue weighted by Crippen LogP contribution is -2.58. The molecule has 116 valence electrons.